The lowest BCUT2D eigenvalue weighted by atomic mass is 10.1. The lowest BCUT2D eigenvalue weighted by Crippen LogP contribution is -2.48. The Morgan fingerprint density at radius 2 is 2.31 bits per heavy atom. The van der Waals surface area contributed by atoms with Crippen LogP contribution in [0.25, 0.3) is 0 Å². The molecule has 0 saturated carbocycles. The van der Waals surface area contributed by atoms with E-state index < -0.39 is 6.04 Å². The molecule has 8 heteroatoms. The molecule has 2 amide bonds. The SMILES string of the molecule is CN1C(=O)CCC(Nc2nc(N)ns2)C1=O. The number of nitrogens with two attached hydrogens (primary N) is 1. The maximum atomic E-state index is 11.7. The second-order valence-electron chi connectivity index (χ2n) is 3.48. The van der Waals surface area contributed by atoms with Gasteiger partial charge in [-0.1, -0.05) is 0 Å². The smallest absolute Gasteiger partial charge is 0.251 e. The summed E-state index contributed by atoms with van der Waals surface area (Å²) in [6.07, 6.45) is 0.829. The van der Waals surface area contributed by atoms with E-state index in [4.69, 9.17) is 5.73 Å². The molecular weight excluding hydrogens is 230 g/mol. The zero-order chi connectivity index (χ0) is 11.7. The van der Waals surface area contributed by atoms with Crippen molar-refractivity contribution in [3.8, 4) is 0 Å². The summed E-state index contributed by atoms with van der Waals surface area (Å²) in [5.74, 6) is -0.218. The van der Waals surface area contributed by atoms with Crippen LogP contribution in [0.1, 0.15) is 12.8 Å². The molecule has 0 radical (unpaired) electrons. The molecule has 1 aromatic heterocycles. The molecule has 0 spiro atoms. The molecule has 1 unspecified atom stereocenters. The van der Waals surface area contributed by atoms with Crippen molar-refractivity contribution in [2.45, 2.75) is 18.9 Å². The maximum absolute atomic E-state index is 11.7. The summed E-state index contributed by atoms with van der Waals surface area (Å²) < 4.78 is 3.80. The highest BCUT2D eigenvalue weighted by Crippen LogP contribution is 2.19. The summed E-state index contributed by atoms with van der Waals surface area (Å²) >= 11 is 1.09. The van der Waals surface area contributed by atoms with Crippen molar-refractivity contribution >= 4 is 34.4 Å². The molecule has 3 N–H and O–H groups in total. The summed E-state index contributed by atoms with van der Waals surface area (Å²) in [4.78, 5) is 28.0. The number of piperidine rings is 1. The van der Waals surface area contributed by atoms with Gasteiger partial charge in [0.05, 0.1) is 0 Å². The number of imide groups is 1. The summed E-state index contributed by atoms with van der Waals surface area (Å²) in [6.45, 7) is 0. The number of likely N-dealkylation sites (N-methyl/N-ethyl adjacent to an activating group) is 1. The number of nitrogens with one attached hydrogen (secondary N) is 1. The first kappa shape index (κ1) is 10.8. The predicted molar refractivity (Wildman–Crippen MR) is 58.7 cm³/mol. The van der Waals surface area contributed by atoms with Crippen LogP contribution in [0.4, 0.5) is 11.1 Å². The van der Waals surface area contributed by atoms with Gasteiger partial charge in [-0.2, -0.15) is 9.36 Å². The van der Waals surface area contributed by atoms with E-state index in [0.29, 0.717) is 18.0 Å². The number of hydrogen-bond acceptors (Lipinski definition) is 7. The molecule has 2 rings (SSSR count). The lowest BCUT2D eigenvalue weighted by Gasteiger charge is -2.27. The molecule has 7 nitrogen and oxygen atoms in total. The third-order valence-corrected chi connectivity index (χ3v) is 3.05. The normalized spacial score (nSPS) is 21.3. The molecule has 0 aromatic carbocycles. The monoisotopic (exact) mass is 241 g/mol. The second-order valence-corrected chi connectivity index (χ2v) is 4.24. The lowest BCUT2D eigenvalue weighted by molar-refractivity contribution is -0.146. The Balaban J connectivity index is 2.06. The first-order valence-corrected chi connectivity index (χ1v) is 5.51. The van der Waals surface area contributed by atoms with Crippen LogP contribution in [0.3, 0.4) is 0 Å². The number of nitrogen functional groups attached to an aromatic ring is 1. The summed E-state index contributed by atoms with van der Waals surface area (Å²) in [7, 11) is 1.48. The third kappa shape index (κ3) is 1.96. The Kier molecular flexibility index (Phi) is 2.73. The van der Waals surface area contributed by atoms with Crippen LogP contribution in [0, 0.1) is 0 Å². The minimum absolute atomic E-state index is 0.153. The van der Waals surface area contributed by atoms with Gasteiger partial charge in [0.1, 0.15) is 6.04 Å². The molecule has 0 bridgehead atoms. The van der Waals surface area contributed by atoms with Crippen LogP contribution in [0.2, 0.25) is 0 Å². The van der Waals surface area contributed by atoms with Crippen molar-refractivity contribution < 1.29 is 9.59 Å². The van der Waals surface area contributed by atoms with E-state index in [1.807, 2.05) is 0 Å². The van der Waals surface area contributed by atoms with Crippen LogP contribution < -0.4 is 11.1 Å². The average molecular weight is 241 g/mol. The first-order valence-electron chi connectivity index (χ1n) is 4.74. The number of amides is 2. The van der Waals surface area contributed by atoms with Crippen molar-refractivity contribution in [3.05, 3.63) is 0 Å². The van der Waals surface area contributed by atoms with Crippen LogP contribution in [-0.4, -0.2) is 39.2 Å². The number of rotatable bonds is 2. The molecular formula is C8H11N5O2S. The van der Waals surface area contributed by atoms with Gasteiger partial charge in [-0.15, -0.1) is 0 Å². The first-order chi connectivity index (χ1) is 7.58. The van der Waals surface area contributed by atoms with Crippen LogP contribution in [0.5, 0.6) is 0 Å². The molecule has 1 fully saturated rings. The average Bonchev–Trinajstić information content (AvgIpc) is 2.65. The fourth-order valence-corrected chi connectivity index (χ4v) is 2.04. The van der Waals surface area contributed by atoms with Gasteiger partial charge in [0.15, 0.2) is 0 Å². The minimum atomic E-state index is -0.421. The fourth-order valence-electron chi connectivity index (χ4n) is 1.49. The second kappa shape index (κ2) is 4.05. The number of carbonyl (C=O) groups is 2. The number of likely N-dealkylation sites (tertiary alicyclic amines) is 1. The van der Waals surface area contributed by atoms with E-state index in [1.54, 1.807) is 0 Å². The molecule has 0 aliphatic carbocycles. The van der Waals surface area contributed by atoms with Crippen molar-refractivity contribution in [1.82, 2.24) is 14.3 Å². The number of carbonyl (C=O) groups excluding carboxylic acids is 2. The zero-order valence-electron chi connectivity index (χ0n) is 8.64. The zero-order valence-corrected chi connectivity index (χ0v) is 9.45. The predicted octanol–water partition coefficient (Wildman–Crippen LogP) is -0.320. The van der Waals surface area contributed by atoms with Gasteiger partial charge in [0.2, 0.25) is 17.0 Å². The van der Waals surface area contributed by atoms with Crippen LogP contribution in [0.15, 0.2) is 0 Å². The van der Waals surface area contributed by atoms with Crippen molar-refractivity contribution in [3.63, 3.8) is 0 Å². The van der Waals surface area contributed by atoms with Gasteiger partial charge in [0, 0.05) is 25.0 Å². The van der Waals surface area contributed by atoms with E-state index >= 15 is 0 Å². The molecule has 1 aliphatic rings. The Morgan fingerprint density at radius 1 is 1.56 bits per heavy atom. The van der Waals surface area contributed by atoms with E-state index in [-0.39, 0.29) is 17.8 Å². The van der Waals surface area contributed by atoms with E-state index in [9.17, 15) is 9.59 Å². The Morgan fingerprint density at radius 3 is 2.94 bits per heavy atom. The highest BCUT2D eigenvalue weighted by Gasteiger charge is 2.32. The molecule has 2 heterocycles. The topological polar surface area (TPSA) is 101 Å². The Bertz CT molecular complexity index is 432. The number of hydrogen-bond donors (Lipinski definition) is 2. The van der Waals surface area contributed by atoms with Crippen LogP contribution in [-0.2, 0) is 9.59 Å². The molecule has 1 saturated heterocycles. The Labute approximate surface area is 95.8 Å². The van der Waals surface area contributed by atoms with Gasteiger partial charge >= 0.3 is 0 Å². The van der Waals surface area contributed by atoms with E-state index in [2.05, 4.69) is 14.7 Å². The van der Waals surface area contributed by atoms with Gasteiger partial charge in [0.25, 0.3) is 5.91 Å². The van der Waals surface area contributed by atoms with Gasteiger partial charge in [-0.05, 0) is 6.42 Å². The number of anilines is 2. The largest absolute Gasteiger partial charge is 0.367 e. The number of aromatic nitrogens is 2. The molecule has 86 valence electrons. The summed E-state index contributed by atoms with van der Waals surface area (Å²) in [6, 6.07) is -0.421. The van der Waals surface area contributed by atoms with Crippen molar-refractivity contribution in [2.24, 2.45) is 0 Å². The summed E-state index contributed by atoms with van der Waals surface area (Å²) in [5.41, 5.74) is 5.37. The van der Waals surface area contributed by atoms with E-state index in [1.165, 1.54) is 7.05 Å². The molecule has 16 heavy (non-hydrogen) atoms. The van der Waals surface area contributed by atoms with Gasteiger partial charge < -0.3 is 11.1 Å². The third-order valence-electron chi connectivity index (χ3n) is 2.39. The van der Waals surface area contributed by atoms with E-state index in [0.717, 1.165) is 16.4 Å². The highest BCUT2D eigenvalue weighted by atomic mass is 32.1. The van der Waals surface area contributed by atoms with Gasteiger partial charge in [-0.25, -0.2) is 0 Å². The molecule has 1 aliphatic heterocycles. The minimum Gasteiger partial charge on any atom is -0.367 e. The van der Waals surface area contributed by atoms with Crippen molar-refractivity contribution in [2.75, 3.05) is 18.1 Å². The van der Waals surface area contributed by atoms with Gasteiger partial charge in [-0.3, -0.25) is 14.5 Å². The maximum Gasteiger partial charge on any atom is 0.251 e. The van der Waals surface area contributed by atoms with Crippen molar-refractivity contribution in [1.29, 1.82) is 0 Å². The molecule has 1 atom stereocenters. The standard InChI is InChI=1S/C8H11N5O2S/c1-13-5(14)3-2-4(6(13)15)10-8-11-7(9)12-16-8/h4H,2-3H2,1H3,(H3,9,10,11,12). The summed E-state index contributed by atoms with van der Waals surface area (Å²) in [5, 5.41) is 3.42. The highest BCUT2D eigenvalue weighted by molar-refractivity contribution is 7.09. The Hall–Kier alpha value is -1.70. The fraction of sp³-hybridized carbons (Fsp3) is 0.500. The van der Waals surface area contributed by atoms with Crippen LogP contribution >= 0.6 is 11.5 Å². The number of nitrogens with zero attached hydrogens (tertiary/aromatic N) is 3. The molecule has 1 aromatic rings. The quantitative estimate of drug-likeness (QED) is 0.688.